The molecule has 1 fully saturated rings. The van der Waals surface area contributed by atoms with Gasteiger partial charge in [0.2, 0.25) is 0 Å². The van der Waals surface area contributed by atoms with Crippen LogP contribution in [0.15, 0.2) is 24.3 Å². The van der Waals surface area contributed by atoms with Crippen molar-refractivity contribution in [1.82, 2.24) is 5.32 Å². The summed E-state index contributed by atoms with van der Waals surface area (Å²) in [6, 6.07) is 5.21. The molecule has 5 heteroatoms. The Kier molecular flexibility index (Phi) is 4.15. The number of carbonyl (C=O) groups excluding carboxylic acids is 1. The van der Waals surface area contributed by atoms with Crippen LogP contribution in [-0.2, 0) is 0 Å². The van der Waals surface area contributed by atoms with Gasteiger partial charge in [0.1, 0.15) is 5.82 Å². The van der Waals surface area contributed by atoms with E-state index < -0.39 is 0 Å². The van der Waals surface area contributed by atoms with Crippen molar-refractivity contribution in [2.75, 3.05) is 11.9 Å². The topological polar surface area (TPSA) is 61.4 Å². The van der Waals surface area contributed by atoms with Crippen molar-refractivity contribution in [2.45, 2.75) is 25.4 Å². The number of hydrogen-bond acceptors (Lipinski definition) is 2. The second-order valence-electron chi connectivity index (χ2n) is 4.58. The summed E-state index contributed by atoms with van der Waals surface area (Å²) in [5.41, 5.74) is 0.539. The molecule has 0 aromatic heterocycles. The van der Waals surface area contributed by atoms with Crippen LogP contribution in [0.2, 0.25) is 0 Å². The molecular formula is C13H17FN2O2. The average molecular weight is 252 g/mol. The van der Waals surface area contributed by atoms with Crippen molar-refractivity contribution in [3.8, 4) is 0 Å². The zero-order chi connectivity index (χ0) is 13.0. The molecule has 1 aliphatic rings. The van der Waals surface area contributed by atoms with Crippen LogP contribution in [0.25, 0.3) is 0 Å². The Labute approximate surface area is 105 Å². The summed E-state index contributed by atoms with van der Waals surface area (Å²) in [7, 11) is 0. The van der Waals surface area contributed by atoms with Crippen LogP contribution in [0, 0.1) is 11.7 Å². The molecule has 3 N–H and O–H groups in total. The van der Waals surface area contributed by atoms with E-state index in [4.69, 9.17) is 0 Å². The highest BCUT2D eigenvalue weighted by Crippen LogP contribution is 2.33. The van der Waals surface area contributed by atoms with Gasteiger partial charge in [0.25, 0.3) is 0 Å². The lowest BCUT2D eigenvalue weighted by Crippen LogP contribution is -2.31. The van der Waals surface area contributed by atoms with Gasteiger partial charge >= 0.3 is 6.03 Å². The second-order valence-corrected chi connectivity index (χ2v) is 4.58. The van der Waals surface area contributed by atoms with E-state index in [1.807, 2.05) is 0 Å². The van der Waals surface area contributed by atoms with E-state index in [-0.39, 0.29) is 18.0 Å². The maximum absolute atomic E-state index is 12.6. The number of halogens is 1. The van der Waals surface area contributed by atoms with Gasteiger partial charge in [0.15, 0.2) is 0 Å². The highest BCUT2D eigenvalue weighted by molar-refractivity contribution is 5.89. The van der Waals surface area contributed by atoms with E-state index in [1.54, 1.807) is 0 Å². The number of aliphatic hydroxyl groups is 1. The summed E-state index contributed by atoms with van der Waals surface area (Å²) in [5, 5.41) is 14.9. The Morgan fingerprint density at radius 3 is 2.67 bits per heavy atom. The van der Waals surface area contributed by atoms with Gasteiger partial charge in [-0.3, -0.25) is 0 Å². The predicted octanol–water partition coefficient (Wildman–Crippen LogP) is 2.11. The van der Waals surface area contributed by atoms with Crippen LogP contribution < -0.4 is 10.6 Å². The lowest BCUT2D eigenvalue weighted by Gasteiger charge is -2.10. The van der Waals surface area contributed by atoms with Gasteiger partial charge in [0.05, 0.1) is 6.10 Å². The monoisotopic (exact) mass is 252 g/mol. The Bertz CT molecular complexity index is 404. The molecule has 1 unspecified atom stereocenters. The van der Waals surface area contributed by atoms with Gasteiger partial charge in [-0.2, -0.15) is 0 Å². The van der Waals surface area contributed by atoms with Gasteiger partial charge in [-0.05, 0) is 49.4 Å². The molecule has 18 heavy (non-hydrogen) atoms. The molecule has 0 heterocycles. The number of amides is 2. The molecule has 0 spiro atoms. The van der Waals surface area contributed by atoms with E-state index in [1.165, 1.54) is 24.3 Å². The van der Waals surface area contributed by atoms with Crippen LogP contribution in [0.1, 0.15) is 19.3 Å². The standard InChI is InChI=1S/C13H17FN2O2/c14-10-3-5-11(6-4-10)16-13(18)15-8-7-12(17)9-1-2-9/h3-6,9,12,17H,1-2,7-8H2,(H2,15,16,18). The minimum absolute atomic E-state index is 0.309. The third-order valence-corrected chi connectivity index (χ3v) is 2.99. The molecule has 1 aromatic rings. The van der Waals surface area contributed by atoms with Crippen LogP contribution in [-0.4, -0.2) is 23.8 Å². The Hall–Kier alpha value is -1.62. The van der Waals surface area contributed by atoms with E-state index >= 15 is 0 Å². The largest absolute Gasteiger partial charge is 0.393 e. The van der Waals surface area contributed by atoms with E-state index in [9.17, 15) is 14.3 Å². The molecule has 1 aromatic carbocycles. The summed E-state index contributed by atoms with van der Waals surface area (Å²) in [6.45, 7) is 0.435. The molecule has 2 amide bonds. The van der Waals surface area contributed by atoms with Gasteiger partial charge in [-0.1, -0.05) is 0 Å². The maximum atomic E-state index is 12.6. The average Bonchev–Trinajstić information content (AvgIpc) is 3.16. The number of carbonyl (C=O) groups is 1. The molecule has 1 atom stereocenters. The van der Waals surface area contributed by atoms with Gasteiger partial charge in [0, 0.05) is 12.2 Å². The fourth-order valence-electron chi connectivity index (χ4n) is 1.76. The SMILES string of the molecule is O=C(NCCC(O)C1CC1)Nc1ccc(F)cc1. The van der Waals surface area contributed by atoms with E-state index in [2.05, 4.69) is 10.6 Å². The van der Waals surface area contributed by atoms with Crippen LogP contribution in [0.3, 0.4) is 0 Å². The quantitative estimate of drug-likeness (QED) is 0.751. The second kappa shape index (κ2) is 5.82. The zero-order valence-electron chi connectivity index (χ0n) is 10.0. The van der Waals surface area contributed by atoms with Gasteiger partial charge in [-0.15, -0.1) is 0 Å². The summed E-state index contributed by atoms with van der Waals surface area (Å²) in [4.78, 5) is 11.5. The molecule has 1 saturated carbocycles. The first-order chi connectivity index (χ1) is 8.65. The number of anilines is 1. The molecule has 0 bridgehead atoms. The maximum Gasteiger partial charge on any atom is 0.319 e. The van der Waals surface area contributed by atoms with Crippen LogP contribution in [0.4, 0.5) is 14.9 Å². The summed E-state index contributed by atoms with van der Waals surface area (Å²) in [5.74, 6) is 0.0838. The third-order valence-electron chi connectivity index (χ3n) is 2.99. The summed E-state index contributed by atoms with van der Waals surface area (Å²) in [6.07, 6.45) is 2.43. The van der Waals surface area contributed by atoms with Crippen LogP contribution in [0.5, 0.6) is 0 Å². The first kappa shape index (κ1) is 12.8. The predicted molar refractivity (Wildman–Crippen MR) is 66.8 cm³/mol. The Morgan fingerprint density at radius 1 is 1.39 bits per heavy atom. The van der Waals surface area contributed by atoms with Crippen molar-refractivity contribution < 1.29 is 14.3 Å². The van der Waals surface area contributed by atoms with E-state index in [0.717, 1.165) is 12.8 Å². The number of rotatable bonds is 5. The number of urea groups is 1. The number of nitrogens with one attached hydrogen (secondary N) is 2. The van der Waals surface area contributed by atoms with Crippen LogP contribution >= 0.6 is 0 Å². The first-order valence-electron chi connectivity index (χ1n) is 6.13. The first-order valence-corrected chi connectivity index (χ1v) is 6.13. The summed E-state index contributed by atoms with van der Waals surface area (Å²) < 4.78 is 12.6. The van der Waals surface area contributed by atoms with Crippen molar-refractivity contribution in [2.24, 2.45) is 5.92 Å². The Balaban J connectivity index is 1.66. The highest BCUT2D eigenvalue weighted by atomic mass is 19.1. The number of aliphatic hydroxyl groups excluding tert-OH is 1. The molecular weight excluding hydrogens is 235 g/mol. The summed E-state index contributed by atoms with van der Waals surface area (Å²) >= 11 is 0. The third kappa shape index (κ3) is 4.00. The fraction of sp³-hybridized carbons (Fsp3) is 0.462. The van der Waals surface area contributed by atoms with Crippen molar-refractivity contribution in [1.29, 1.82) is 0 Å². The molecule has 2 rings (SSSR count). The zero-order valence-corrected chi connectivity index (χ0v) is 10.0. The van der Waals surface area contributed by atoms with Crippen molar-refractivity contribution in [3.63, 3.8) is 0 Å². The normalized spacial score (nSPS) is 16.1. The molecule has 0 radical (unpaired) electrons. The minimum atomic E-state index is -0.343. The van der Waals surface area contributed by atoms with E-state index in [0.29, 0.717) is 24.6 Å². The molecule has 0 saturated heterocycles. The molecule has 0 aliphatic heterocycles. The van der Waals surface area contributed by atoms with Crippen molar-refractivity contribution in [3.05, 3.63) is 30.1 Å². The molecule has 98 valence electrons. The number of hydrogen-bond donors (Lipinski definition) is 3. The van der Waals surface area contributed by atoms with Gasteiger partial charge in [-0.25, -0.2) is 9.18 Å². The molecule has 1 aliphatic carbocycles. The smallest absolute Gasteiger partial charge is 0.319 e. The Morgan fingerprint density at radius 2 is 2.06 bits per heavy atom. The highest BCUT2D eigenvalue weighted by Gasteiger charge is 2.29. The van der Waals surface area contributed by atoms with Gasteiger partial charge < -0.3 is 15.7 Å². The van der Waals surface area contributed by atoms with Crippen molar-refractivity contribution >= 4 is 11.7 Å². The fourth-order valence-corrected chi connectivity index (χ4v) is 1.76. The minimum Gasteiger partial charge on any atom is -0.393 e. The molecule has 4 nitrogen and oxygen atoms in total. The lowest BCUT2D eigenvalue weighted by atomic mass is 10.2. The lowest BCUT2D eigenvalue weighted by molar-refractivity contribution is 0.142. The number of benzene rings is 1.